The number of hydroxylamine groups is 1. The molecule has 2 aliphatic heterocycles. The standard InChI is InChI=1S/C34H38N2O10/c1-41-27-13-19(14-28(42-2)33(27)38)30-22-15-25-26(46-18-45-25)16-23(22)32(24-17-44-34(39)31(24)30)35-20-8-10-21(11-9-20)43-12-6-4-3-5-7-29(37)36-40/h8-11,13-16,24,30-32,35,38,40H,3-7,12,17-18H2,1-2H3,(H,36,37)/t24-,30+,31-,32+/m0/s1. The Bertz CT molecular complexity index is 1550. The van der Waals surface area contributed by atoms with Crippen molar-refractivity contribution in [2.45, 2.75) is 44.1 Å². The number of benzene rings is 3. The number of esters is 1. The van der Waals surface area contributed by atoms with Crippen LogP contribution in [0.3, 0.4) is 0 Å². The molecule has 1 amide bonds. The molecule has 4 atom stereocenters. The van der Waals surface area contributed by atoms with Crippen LogP contribution in [0.5, 0.6) is 34.5 Å². The van der Waals surface area contributed by atoms with Gasteiger partial charge in [-0.1, -0.05) is 12.8 Å². The number of amides is 1. The highest BCUT2D eigenvalue weighted by Crippen LogP contribution is 2.56. The van der Waals surface area contributed by atoms with Crippen LogP contribution in [0.1, 0.15) is 60.8 Å². The van der Waals surface area contributed by atoms with E-state index in [1.165, 1.54) is 14.2 Å². The van der Waals surface area contributed by atoms with Gasteiger partial charge in [0.25, 0.3) is 0 Å². The van der Waals surface area contributed by atoms with Gasteiger partial charge in [-0.25, -0.2) is 5.48 Å². The van der Waals surface area contributed by atoms with Crippen molar-refractivity contribution < 1.29 is 48.3 Å². The molecular weight excluding hydrogens is 596 g/mol. The predicted octanol–water partition coefficient (Wildman–Crippen LogP) is 5.06. The second kappa shape index (κ2) is 13.7. The van der Waals surface area contributed by atoms with Gasteiger partial charge in [0, 0.05) is 23.9 Å². The van der Waals surface area contributed by atoms with E-state index in [1.807, 2.05) is 36.4 Å². The molecule has 3 aromatic carbocycles. The largest absolute Gasteiger partial charge is 0.502 e. The zero-order chi connectivity index (χ0) is 32.2. The average molecular weight is 635 g/mol. The highest BCUT2D eigenvalue weighted by molar-refractivity contribution is 5.79. The van der Waals surface area contributed by atoms with Crippen molar-refractivity contribution in [1.29, 1.82) is 0 Å². The van der Waals surface area contributed by atoms with E-state index in [0.29, 0.717) is 24.5 Å². The molecule has 6 rings (SSSR count). The van der Waals surface area contributed by atoms with Gasteiger partial charge in [-0.05, 0) is 78.1 Å². The van der Waals surface area contributed by atoms with Gasteiger partial charge in [0.2, 0.25) is 18.4 Å². The second-order valence-corrected chi connectivity index (χ2v) is 11.6. The van der Waals surface area contributed by atoms with Gasteiger partial charge in [-0.2, -0.15) is 0 Å². The van der Waals surface area contributed by atoms with Crippen LogP contribution in [0.4, 0.5) is 5.69 Å². The zero-order valence-corrected chi connectivity index (χ0v) is 25.7. The Morgan fingerprint density at radius 1 is 0.913 bits per heavy atom. The maximum absolute atomic E-state index is 13.4. The molecule has 1 aliphatic carbocycles. The summed E-state index contributed by atoms with van der Waals surface area (Å²) in [6, 6.07) is 14.8. The summed E-state index contributed by atoms with van der Waals surface area (Å²) in [5, 5.41) is 22.8. The topological polar surface area (TPSA) is 154 Å². The molecule has 4 N–H and O–H groups in total. The fourth-order valence-electron chi connectivity index (χ4n) is 6.66. The number of methoxy groups -OCH3 is 2. The fourth-order valence-corrected chi connectivity index (χ4v) is 6.66. The van der Waals surface area contributed by atoms with E-state index in [9.17, 15) is 14.7 Å². The Hall–Kier alpha value is -4.84. The molecule has 0 spiro atoms. The monoisotopic (exact) mass is 634 g/mol. The highest BCUT2D eigenvalue weighted by Gasteiger charge is 2.52. The van der Waals surface area contributed by atoms with Gasteiger partial charge >= 0.3 is 5.97 Å². The number of fused-ring (bicyclic) bond motifs is 3. The maximum atomic E-state index is 13.4. The molecule has 0 bridgehead atoms. The number of hydrogen-bond donors (Lipinski definition) is 4. The van der Waals surface area contributed by atoms with Crippen LogP contribution in [-0.4, -0.2) is 56.4 Å². The molecule has 0 saturated carbocycles. The van der Waals surface area contributed by atoms with Crippen LogP contribution in [0, 0.1) is 11.8 Å². The van der Waals surface area contributed by atoms with Crippen LogP contribution in [0.15, 0.2) is 48.5 Å². The Morgan fingerprint density at radius 2 is 1.59 bits per heavy atom. The summed E-state index contributed by atoms with van der Waals surface area (Å²) in [5.74, 6) is 0.530. The number of aromatic hydroxyl groups is 1. The lowest BCUT2D eigenvalue weighted by atomic mass is 9.65. The summed E-state index contributed by atoms with van der Waals surface area (Å²) in [5.41, 5.74) is 5.09. The Kier molecular flexibility index (Phi) is 9.25. The first kappa shape index (κ1) is 31.2. The van der Waals surface area contributed by atoms with Crippen LogP contribution < -0.4 is 34.5 Å². The SMILES string of the molecule is COc1cc([C@@H]2c3cc4c(cc3[C@@H](Nc3ccc(OCCCCCCC(=O)NO)cc3)[C@H]3COC(=O)[C@H]23)OCO4)cc(OC)c1O. The number of carbonyl (C=O) groups is 2. The van der Waals surface area contributed by atoms with Crippen molar-refractivity contribution in [1.82, 2.24) is 5.48 Å². The van der Waals surface area contributed by atoms with E-state index < -0.39 is 11.8 Å². The number of ether oxygens (including phenoxy) is 6. The van der Waals surface area contributed by atoms with Gasteiger partial charge < -0.3 is 38.8 Å². The van der Waals surface area contributed by atoms with E-state index in [-0.39, 0.29) is 54.5 Å². The average Bonchev–Trinajstić information content (AvgIpc) is 3.70. The van der Waals surface area contributed by atoms with Gasteiger partial charge in [0.05, 0.1) is 39.4 Å². The third kappa shape index (κ3) is 6.17. The number of hydrogen-bond acceptors (Lipinski definition) is 11. The van der Waals surface area contributed by atoms with Gasteiger partial charge in [-0.15, -0.1) is 0 Å². The molecule has 0 aromatic heterocycles. The maximum Gasteiger partial charge on any atom is 0.310 e. The van der Waals surface area contributed by atoms with Crippen molar-refractivity contribution in [3.8, 4) is 34.5 Å². The van der Waals surface area contributed by atoms with Crippen molar-refractivity contribution in [2.24, 2.45) is 11.8 Å². The van der Waals surface area contributed by atoms with Crippen LogP contribution in [0.2, 0.25) is 0 Å². The molecule has 3 aromatic rings. The number of carbonyl (C=O) groups excluding carboxylic acids is 2. The summed E-state index contributed by atoms with van der Waals surface area (Å²) in [6.07, 6.45) is 3.68. The minimum absolute atomic E-state index is 0.110. The van der Waals surface area contributed by atoms with Crippen LogP contribution in [0.25, 0.3) is 0 Å². The predicted molar refractivity (Wildman–Crippen MR) is 165 cm³/mol. The lowest BCUT2D eigenvalue weighted by Gasteiger charge is -2.40. The molecule has 12 nitrogen and oxygen atoms in total. The summed E-state index contributed by atoms with van der Waals surface area (Å²) in [4.78, 5) is 24.5. The Balaban J connectivity index is 1.24. The van der Waals surface area contributed by atoms with E-state index in [0.717, 1.165) is 53.8 Å². The lowest BCUT2D eigenvalue weighted by Crippen LogP contribution is -2.37. The minimum Gasteiger partial charge on any atom is -0.502 e. The summed E-state index contributed by atoms with van der Waals surface area (Å²) in [7, 11) is 2.94. The first-order chi connectivity index (χ1) is 22.4. The Labute approximate surface area is 266 Å². The van der Waals surface area contributed by atoms with Crippen molar-refractivity contribution >= 4 is 17.6 Å². The molecule has 46 heavy (non-hydrogen) atoms. The molecule has 0 unspecified atom stereocenters. The normalized spacial score (nSPS) is 20.7. The molecule has 1 saturated heterocycles. The molecule has 12 heteroatoms. The van der Waals surface area contributed by atoms with Gasteiger partial charge in [-0.3, -0.25) is 14.8 Å². The quantitative estimate of drug-likeness (QED) is 0.0863. The zero-order valence-electron chi connectivity index (χ0n) is 25.7. The van der Waals surface area contributed by atoms with E-state index in [4.69, 9.17) is 33.6 Å². The van der Waals surface area contributed by atoms with Crippen molar-refractivity contribution in [2.75, 3.05) is 39.5 Å². The van der Waals surface area contributed by atoms with Gasteiger partial charge in [0.15, 0.2) is 23.0 Å². The van der Waals surface area contributed by atoms with Crippen LogP contribution >= 0.6 is 0 Å². The Morgan fingerprint density at radius 3 is 2.26 bits per heavy atom. The number of nitrogens with one attached hydrogen (secondary N) is 2. The molecule has 2 heterocycles. The lowest BCUT2D eigenvalue weighted by molar-refractivity contribution is -0.141. The molecule has 1 fully saturated rings. The van der Waals surface area contributed by atoms with E-state index in [2.05, 4.69) is 5.32 Å². The number of unbranched alkanes of at least 4 members (excludes halogenated alkanes) is 3. The third-order valence-corrected chi connectivity index (χ3v) is 8.92. The number of anilines is 1. The minimum atomic E-state index is -0.523. The molecular formula is C34H38N2O10. The number of rotatable bonds is 13. The van der Waals surface area contributed by atoms with E-state index >= 15 is 0 Å². The van der Waals surface area contributed by atoms with E-state index in [1.54, 1.807) is 17.6 Å². The molecule has 0 radical (unpaired) electrons. The second-order valence-electron chi connectivity index (χ2n) is 11.6. The fraction of sp³-hybridized carbons (Fsp3) is 0.412. The highest BCUT2D eigenvalue weighted by atomic mass is 16.7. The number of phenols is 1. The van der Waals surface area contributed by atoms with Crippen molar-refractivity contribution in [3.05, 3.63) is 65.2 Å². The number of phenolic OH excluding ortho intramolecular Hbond substituents is 1. The first-order valence-corrected chi connectivity index (χ1v) is 15.4. The first-order valence-electron chi connectivity index (χ1n) is 15.4. The third-order valence-electron chi connectivity index (χ3n) is 8.92. The molecule has 3 aliphatic rings. The molecule has 244 valence electrons. The van der Waals surface area contributed by atoms with Gasteiger partial charge in [0.1, 0.15) is 5.75 Å². The smallest absolute Gasteiger partial charge is 0.310 e. The summed E-state index contributed by atoms with van der Waals surface area (Å²) < 4.78 is 34.0. The van der Waals surface area contributed by atoms with Crippen LogP contribution in [-0.2, 0) is 14.3 Å². The number of cyclic esters (lactones) is 1. The van der Waals surface area contributed by atoms with Crippen molar-refractivity contribution in [3.63, 3.8) is 0 Å². The summed E-state index contributed by atoms with van der Waals surface area (Å²) >= 11 is 0. The summed E-state index contributed by atoms with van der Waals surface area (Å²) in [6.45, 7) is 0.905.